The van der Waals surface area contributed by atoms with Crippen molar-refractivity contribution in [3.05, 3.63) is 76.5 Å². The highest BCUT2D eigenvalue weighted by Crippen LogP contribution is 2.25. The van der Waals surface area contributed by atoms with Crippen molar-refractivity contribution in [3.63, 3.8) is 0 Å². The average molecular weight is 369 g/mol. The summed E-state index contributed by atoms with van der Waals surface area (Å²) in [5.41, 5.74) is 1.93. The predicted molar refractivity (Wildman–Crippen MR) is 101 cm³/mol. The Morgan fingerprint density at radius 3 is 2.73 bits per heavy atom. The van der Waals surface area contributed by atoms with Crippen molar-refractivity contribution in [1.82, 2.24) is 10.2 Å². The maximum absolute atomic E-state index is 13.8. The van der Waals surface area contributed by atoms with E-state index < -0.39 is 0 Å². The first-order valence-electron chi connectivity index (χ1n) is 8.74. The van der Waals surface area contributed by atoms with Crippen LogP contribution in [0.5, 0.6) is 0 Å². The van der Waals surface area contributed by atoms with Crippen molar-refractivity contribution >= 4 is 16.5 Å². The zero-order valence-corrected chi connectivity index (χ0v) is 15.2. The second-order valence-electron chi connectivity index (χ2n) is 6.38. The van der Waals surface area contributed by atoms with Crippen molar-refractivity contribution in [2.45, 2.75) is 18.9 Å². The number of aromatic nitrogens is 2. The minimum absolute atomic E-state index is 0.144. The Morgan fingerprint density at radius 2 is 1.88 bits per heavy atom. The van der Waals surface area contributed by atoms with Gasteiger partial charge in [-0.1, -0.05) is 59.9 Å². The lowest BCUT2D eigenvalue weighted by molar-refractivity contribution is 0.0410. The summed E-state index contributed by atoms with van der Waals surface area (Å²) in [5, 5.41) is 10.3. The standard InChI is InChI=1S/C20H20FN3OS/c21-18-9-5-4-8-16(18)13-19-22-23-20(26-19)24-10-11-25-17(14-24)12-15-6-2-1-3-7-15/h1-9,17H,10-14H2. The molecule has 4 rings (SSSR count). The number of ether oxygens (including phenoxy) is 1. The Morgan fingerprint density at radius 1 is 1.08 bits per heavy atom. The van der Waals surface area contributed by atoms with Crippen LogP contribution in [0.1, 0.15) is 16.1 Å². The number of benzene rings is 2. The highest BCUT2D eigenvalue weighted by Gasteiger charge is 2.23. The highest BCUT2D eigenvalue weighted by atomic mass is 32.1. The molecule has 1 aromatic heterocycles. The summed E-state index contributed by atoms with van der Waals surface area (Å²) < 4.78 is 19.7. The zero-order chi connectivity index (χ0) is 17.8. The van der Waals surface area contributed by atoms with Gasteiger partial charge in [-0.05, 0) is 17.2 Å². The van der Waals surface area contributed by atoms with Gasteiger partial charge < -0.3 is 9.64 Å². The van der Waals surface area contributed by atoms with Gasteiger partial charge in [0.25, 0.3) is 0 Å². The predicted octanol–water partition coefficient (Wildman–Crippen LogP) is 3.72. The average Bonchev–Trinajstić information content (AvgIpc) is 3.13. The molecule has 134 valence electrons. The van der Waals surface area contributed by atoms with Crippen molar-refractivity contribution < 1.29 is 9.13 Å². The number of hydrogen-bond donors (Lipinski definition) is 0. The number of halogens is 1. The van der Waals surface area contributed by atoms with Gasteiger partial charge in [0.05, 0.1) is 12.7 Å². The van der Waals surface area contributed by atoms with Gasteiger partial charge in [0, 0.05) is 25.9 Å². The fraction of sp³-hybridized carbons (Fsp3) is 0.300. The third-order valence-electron chi connectivity index (χ3n) is 4.47. The van der Waals surface area contributed by atoms with E-state index in [1.165, 1.54) is 23.0 Å². The number of anilines is 1. The number of nitrogens with zero attached hydrogens (tertiary/aromatic N) is 3. The molecule has 6 heteroatoms. The highest BCUT2D eigenvalue weighted by molar-refractivity contribution is 7.15. The second-order valence-corrected chi connectivity index (χ2v) is 7.42. The van der Waals surface area contributed by atoms with E-state index in [2.05, 4.69) is 39.4 Å². The van der Waals surface area contributed by atoms with E-state index in [1.54, 1.807) is 12.1 Å². The molecule has 1 saturated heterocycles. The van der Waals surface area contributed by atoms with Gasteiger partial charge in [-0.25, -0.2) is 4.39 Å². The molecule has 0 saturated carbocycles. The molecular formula is C20H20FN3OS. The summed E-state index contributed by atoms with van der Waals surface area (Å²) in [7, 11) is 0. The van der Waals surface area contributed by atoms with Crippen LogP contribution in [0.25, 0.3) is 0 Å². The number of morpholine rings is 1. The summed E-state index contributed by atoms with van der Waals surface area (Å²) in [6, 6.07) is 17.2. The van der Waals surface area contributed by atoms with Crippen LogP contribution < -0.4 is 4.90 Å². The van der Waals surface area contributed by atoms with Crippen molar-refractivity contribution in [2.24, 2.45) is 0 Å². The molecular weight excluding hydrogens is 349 g/mol. The molecule has 1 fully saturated rings. The molecule has 1 aliphatic rings. The molecule has 4 nitrogen and oxygen atoms in total. The van der Waals surface area contributed by atoms with Crippen LogP contribution in [0.15, 0.2) is 54.6 Å². The van der Waals surface area contributed by atoms with Crippen LogP contribution in [0, 0.1) is 5.82 Å². The van der Waals surface area contributed by atoms with E-state index in [9.17, 15) is 4.39 Å². The lowest BCUT2D eigenvalue weighted by Crippen LogP contribution is -2.43. The molecule has 0 radical (unpaired) electrons. The van der Waals surface area contributed by atoms with Crippen LogP contribution in [-0.4, -0.2) is 36.0 Å². The first-order valence-corrected chi connectivity index (χ1v) is 9.56. The summed E-state index contributed by atoms with van der Waals surface area (Å²) in [5.74, 6) is -0.196. The lowest BCUT2D eigenvalue weighted by Gasteiger charge is -2.32. The van der Waals surface area contributed by atoms with Gasteiger partial charge in [-0.15, -0.1) is 10.2 Å². The molecule has 1 atom stereocenters. The lowest BCUT2D eigenvalue weighted by atomic mass is 10.1. The quantitative estimate of drug-likeness (QED) is 0.687. The van der Waals surface area contributed by atoms with Gasteiger partial charge in [-0.2, -0.15) is 0 Å². The number of rotatable bonds is 5. The van der Waals surface area contributed by atoms with Crippen LogP contribution in [0.2, 0.25) is 0 Å². The normalized spacial score (nSPS) is 17.4. The molecule has 1 aliphatic heterocycles. The molecule has 3 aromatic rings. The molecule has 2 heterocycles. The fourth-order valence-corrected chi connectivity index (χ4v) is 4.04. The summed E-state index contributed by atoms with van der Waals surface area (Å²) in [6.45, 7) is 2.28. The molecule has 0 amide bonds. The van der Waals surface area contributed by atoms with Crippen LogP contribution >= 0.6 is 11.3 Å². The van der Waals surface area contributed by atoms with Crippen molar-refractivity contribution in [2.75, 3.05) is 24.6 Å². The van der Waals surface area contributed by atoms with Gasteiger partial charge >= 0.3 is 0 Å². The Kier molecular flexibility index (Phi) is 5.22. The first kappa shape index (κ1) is 17.1. The third-order valence-corrected chi connectivity index (χ3v) is 5.46. The van der Waals surface area contributed by atoms with E-state index >= 15 is 0 Å². The van der Waals surface area contributed by atoms with E-state index in [1.807, 2.05) is 12.1 Å². The largest absolute Gasteiger partial charge is 0.374 e. The van der Waals surface area contributed by atoms with Gasteiger partial charge in [-0.3, -0.25) is 0 Å². The van der Waals surface area contributed by atoms with Crippen LogP contribution in [0.3, 0.4) is 0 Å². The van der Waals surface area contributed by atoms with Gasteiger partial charge in [0.15, 0.2) is 0 Å². The smallest absolute Gasteiger partial charge is 0.208 e. The van der Waals surface area contributed by atoms with Gasteiger partial charge in [0.1, 0.15) is 10.8 Å². The molecule has 0 aliphatic carbocycles. The van der Waals surface area contributed by atoms with E-state index in [0.717, 1.165) is 29.6 Å². The van der Waals surface area contributed by atoms with E-state index in [0.29, 0.717) is 18.6 Å². The maximum atomic E-state index is 13.8. The van der Waals surface area contributed by atoms with E-state index in [-0.39, 0.29) is 11.9 Å². The third kappa shape index (κ3) is 4.08. The fourth-order valence-electron chi connectivity index (χ4n) is 3.14. The summed E-state index contributed by atoms with van der Waals surface area (Å²) in [4.78, 5) is 2.22. The van der Waals surface area contributed by atoms with E-state index in [4.69, 9.17) is 4.74 Å². The van der Waals surface area contributed by atoms with Crippen molar-refractivity contribution in [1.29, 1.82) is 0 Å². The molecule has 2 aromatic carbocycles. The molecule has 0 bridgehead atoms. The van der Waals surface area contributed by atoms with Crippen LogP contribution in [0.4, 0.5) is 9.52 Å². The Labute approximate surface area is 156 Å². The first-order chi connectivity index (χ1) is 12.8. The number of hydrogen-bond acceptors (Lipinski definition) is 5. The monoisotopic (exact) mass is 369 g/mol. The zero-order valence-electron chi connectivity index (χ0n) is 14.3. The van der Waals surface area contributed by atoms with Gasteiger partial charge in [0.2, 0.25) is 5.13 Å². The molecule has 26 heavy (non-hydrogen) atoms. The second kappa shape index (κ2) is 7.93. The molecule has 1 unspecified atom stereocenters. The Hall–Kier alpha value is -2.31. The molecule has 0 spiro atoms. The SMILES string of the molecule is Fc1ccccc1Cc1nnc(N2CCOC(Cc3ccccc3)C2)s1. The minimum Gasteiger partial charge on any atom is -0.374 e. The van der Waals surface area contributed by atoms with Crippen LogP contribution in [-0.2, 0) is 17.6 Å². The minimum atomic E-state index is -0.196. The summed E-state index contributed by atoms with van der Waals surface area (Å²) in [6.07, 6.45) is 1.51. The summed E-state index contributed by atoms with van der Waals surface area (Å²) >= 11 is 1.53. The molecule has 0 N–H and O–H groups in total. The Balaban J connectivity index is 1.41. The topological polar surface area (TPSA) is 38.2 Å². The van der Waals surface area contributed by atoms with Crippen molar-refractivity contribution in [3.8, 4) is 0 Å². The maximum Gasteiger partial charge on any atom is 0.208 e. The Bertz CT molecular complexity index is 855.